The zero-order valence-electron chi connectivity index (χ0n) is 12.5. The Labute approximate surface area is 119 Å². The Morgan fingerprint density at radius 3 is 2.75 bits per heavy atom. The molecule has 0 unspecified atom stereocenters. The number of esters is 1. The standard InChI is InChI=1S/C14H23N3O3/c1-4-9-20-14(19)7-8-17-10-12(15-16-17)5-6-13(18)11(2)3/h10-11H,4-9H2,1-3H3. The second-order valence-corrected chi connectivity index (χ2v) is 5.06. The molecule has 0 bridgehead atoms. The second-order valence-electron chi connectivity index (χ2n) is 5.06. The molecule has 20 heavy (non-hydrogen) atoms. The normalized spacial score (nSPS) is 10.8. The van der Waals surface area contributed by atoms with Crippen molar-refractivity contribution in [1.82, 2.24) is 15.0 Å². The predicted molar refractivity (Wildman–Crippen MR) is 74.1 cm³/mol. The quantitative estimate of drug-likeness (QED) is 0.645. The zero-order valence-corrected chi connectivity index (χ0v) is 12.5. The van der Waals surface area contributed by atoms with Crippen molar-refractivity contribution in [2.75, 3.05) is 6.61 Å². The van der Waals surface area contributed by atoms with Crippen molar-refractivity contribution < 1.29 is 14.3 Å². The van der Waals surface area contributed by atoms with Crippen molar-refractivity contribution in [2.24, 2.45) is 5.92 Å². The summed E-state index contributed by atoms with van der Waals surface area (Å²) in [5.41, 5.74) is 0.779. The molecule has 112 valence electrons. The summed E-state index contributed by atoms with van der Waals surface area (Å²) in [5.74, 6) is 0.0555. The van der Waals surface area contributed by atoms with Crippen LogP contribution in [0.3, 0.4) is 0 Å². The van der Waals surface area contributed by atoms with Gasteiger partial charge in [0.05, 0.1) is 25.3 Å². The molecule has 1 rings (SSSR count). The molecule has 0 aliphatic carbocycles. The second kappa shape index (κ2) is 8.45. The highest BCUT2D eigenvalue weighted by Gasteiger charge is 2.10. The van der Waals surface area contributed by atoms with Crippen LogP contribution in [0.2, 0.25) is 0 Å². The summed E-state index contributed by atoms with van der Waals surface area (Å²) in [4.78, 5) is 22.9. The van der Waals surface area contributed by atoms with Gasteiger partial charge in [-0.25, -0.2) is 0 Å². The molecule has 0 fully saturated rings. The highest BCUT2D eigenvalue weighted by Crippen LogP contribution is 2.05. The van der Waals surface area contributed by atoms with Crippen LogP contribution in [0.1, 0.15) is 45.7 Å². The van der Waals surface area contributed by atoms with E-state index in [1.165, 1.54) is 0 Å². The van der Waals surface area contributed by atoms with E-state index in [2.05, 4.69) is 10.3 Å². The van der Waals surface area contributed by atoms with E-state index in [1.54, 1.807) is 10.9 Å². The van der Waals surface area contributed by atoms with Gasteiger partial charge in [0.2, 0.25) is 0 Å². The number of carbonyl (C=O) groups excluding carboxylic acids is 2. The van der Waals surface area contributed by atoms with E-state index in [9.17, 15) is 9.59 Å². The highest BCUT2D eigenvalue weighted by molar-refractivity contribution is 5.80. The molecule has 1 aromatic heterocycles. The molecule has 0 atom stereocenters. The summed E-state index contributed by atoms with van der Waals surface area (Å²) < 4.78 is 6.59. The van der Waals surface area contributed by atoms with Gasteiger partial charge >= 0.3 is 5.97 Å². The van der Waals surface area contributed by atoms with Crippen LogP contribution < -0.4 is 0 Å². The van der Waals surface area contributed by atoms with Gasteiger partial charge in [0.25, 0.3) is 0 Å². The van der Waals surface area contributed by atoms with E-state index in [-0.39, 0.29) is 24.1 Å². The number of nitrogens with zero attached hydrogens (tertiary/aromatic N) is 3. The Morgan fingerprint density at radius 2 is 2.10 bits per heavy atom. The average Bonchev–Trinajstić information content (AvgIpc) is 2.88. The van der Waals surface area contributed by atoms with Crippen LogP contribution in [0.15, 0.2) is 6.20 Å². The van der Waals surface area contributed by atoms with Crippen molar-refractivity contribution in [1.29, 1.82) is 0 Å². The predicted octanol–water partition coefficient (Wildman–Crippen LogP) is 1.78. The summed E-state index contributed by atoms with van der Waals surface area (Å²) in [5, 5.41) is 7.94. The molecule has 0 saturated heterocycles. The first-order valence-corrected chi connectivity index (χ1v) is 7.10. The number of ether oxygens (including phenoxy) is 1. The van der Waals surface area contributed by atoms with Gasteiger partial charge in [0.1, 0.15) is 5.78 Å². The lowest BCUT2D eigenvalue weighted by molar-refractivity contribution is -0.144. The third-order valence-corrected chi connectivity index (χ3v) is 2.87. The fourth-order valence-electron chi connectivity index (χ4n) is 1.60. The maximum Gasteiger partial charge on any atom is 0.307 e. The van der Waals surface area contributed by atoms with Crippen molar-refractivity contribution in [3.05, 3.63) is 11.9 Å². The van der Waals surface area contributed by atoms with Crippen molar-refractivity contribution >= 4 is 11.8 Å². The Balaban J connectivity index is 2.32. The Morgan fingerprint density at radius 1 is 1.35 bits per heavy atom. The van der Waals surface area contributed by atoms with Crippen molar-refractivity contribution in [3.63, 3.8) is 0 Å². The van der Waals surface area contributed by atoms with Gasteiger partial charge in [0, 0.05) is 25.0 Å². The molecule has 1 heterocycles. The summed E-state index contributed by atoms with van der Waals surface area (Å²) in [6.07, 6.45) is 3.96. The number of aryl methyl sites for hydroxylation is 2. The fourth-order valence-corrected chi connectivity index (χ4v) is 1.60. The first-order chi connectivity index (χ1) is 9.52. The molecule has 6 nitrogen and oxygen atoms in total. The summed E-state index contributed by atoms with van der Waals surface area (Å²) >= 11 is 0. The fraction of sp³-hybridized carbons (Fsp3) is 0.714. The Kier molecular flexibility index (Phi) is 6.90. The van der Waals surface area contributed by atoms with Crippen LogP contribution in [-0.4, -0.2) is 33.4 Å². The number of Topliss-reactive ketones (excluding diaryl/α,β-unsaturated/α-hetero) is 1. The van der Waals surface area contributed by atoms with Crippen LogP contribution in [0.25, 0.3) is 0 Å². The van der Waals surface area contributed by atoms with Crippen molar-refractivity contribution in [3.8, 4) is 0 Å². The summed E-state index contributed by atoms with van der Waals surface area (Å²) in [7, 11) is 0. The minimum absolute atomic E-state index is 0.0541. The molecule has 0 spiro atoms. The lowest BCUT2D eigenvalue weighted by atomic mass is 10.0. The van der Waals surface area contributed by atoms with Crippen LogP contribution in [-0.2, 0) is 27.3 Å². The smallest absolute Gasteiger partial charge is 0.307 e. The number of rotatable bonds is 9. The highest BCUT2D eigenvalue weighted by atomic mass is 16.5. The zero-order chi connectivity index (χ0) is 15.0. The molecule has 0 N–H and O–H groups in total. The van der Waals surface area contributed by atoms with E-state index in [0.717, 1.165) is 12.1 Å². The van der Waals surface area contributed by atoms with E-state index in [4.69, 9.17) is 4.74 Å². The van der Waals surface area contributed by atoms with E-state index in [1.807, 2.05) is 20.8 Å². The van der Waals surface area contributed by atoms with Crippen LogP contribution in [0.5, 0.6) is 0 Å². The van der Waals surface area contributed by atoms with Gasteiger partial charge < -0.3 is 4.74 Å². The number of carbonyl (C=O) groups is 2. The van der Waals surface area contributed by atoms with Crippen LogP contribution in [0.4, 0.5) is 0 Å². The number of ketones is 1. The van der Waals surface area contributed by atoms with Crippen LogP contribution >= 0.6 is 0 Å². The Hall–Kier alpha value is -1.72. The molecule has 0 radical (unpaired) electrons. The minimum atomic E-state index is -0.223. The molecule has 6 heteroatoms. The third kappa shape index (κ3) is 5.95. The lowest BCUT2D eigenvalue weighted by Crippen LogP contribution is -2.10. The van der Waals surface area contributed by atoms with Crippen LogP contribution in [0, 0.1) is 5.92 Å². The molecule has 0 saturated carbocycles. The molecular weight excluding hydrogens is 258 g/mol. The van der Waals surface area contributed by atoms with E-state index < -0.39 is 0 Å². The molecule has 1 aromatic rings. The SMILES string of the molecule is CCCOC(=O)CCn1cc(CCC(=O)C(C)C)nn1. The van der Waals surface area contributed by atoms with E-state index >= 15 is 0 Å². The molecule has 0 aliphatic rings. The van der Waals surface area contributed by atoms with Gasteiger partial charge in [-0.05, 0) is 6.42 Å². The summed E-state index contributed by atoms with van der Waals surface area (Å²) in [6, 6.07) is 0. The van der Waals surface area contributed by atoms with Gasteiger partial charge in [-0.2, -0.15) is 0 Å². The third-order valence-electron chi connectivity index (χ3n) is 2.87. The molecule has 0 aliphatic heterocycles. The number of aromatic nitrogens is 3. The summed E-state index contributed by atoms with van der Waals surface area (Å²) in [6.45, 7) is 6.64. The Bertz CT molecular complexity index is 441. The van der Waals surface area contributed by atoms with E-state index in [0.29, 0.717) is 26.0 Å². The van der Waals surface area contributed by atoms with Gasteiger partial charge in [-0.15, -0.1) is 5.10 Å². The minimum Gasteiger partial charge on any atom is -0.466 e. The first-order valence-electron chi connectivity index (χ1n) is 7.10. The monoisotopic (exact) mass is 281 g/mol. The molecular formula is C14H23N3O3. The molecule has 0 amide bonds. The number of hydrogen-bond acceptors (Lipinski definition) is 5. The maximum absolute atomic E-state index is 11.5. The first kappa shape index (κ1) is 16.3. The molecule has 0 aromatic carbocycles. The lowest BCUT2D eigenvalue weighted by Gasteiger charge is -2.02. The maximum atomic E-state index is 11.5. The van der Waals surface area contributed by atoms with Crippen molar-refractivity contribution in [2.45, 2.75) is 53.0 Å². The number of hydrogen-bond donors (Lipinski definition) is 0. The van der Waals surface area contributed by atoms with Gasteiger partial charge in [0.15, 0.2) is 0 Å². The largest absolute Gasteiger partial charge is 0.466 e. The van der Waals surface area contributed by atoms with Gasteiger partial charge in [-0.1, -0.05) is 26.0 Å². The van der Waals surface area contributed by atoms with Gasteiger partial charge in [-0.3, -0.25) is 14.3 Å². The average molecular weight is 281 g/mol. The topological polar surface area (TPSA) is 74.1 Å².